The number of nitrogens with zero attached hydrogens (tertiary/aromatic N) is 4. The summed E-state index contributed by atoms with van der Waals surface area (Å²) in [5, 5.41) is 0.572. The number of imidazole rings is 1. The molecular formula is C25H21ClN4O. The van der Waals surface area contributed by atoms with E-state index in [1.807, 2.05) is 77.2 Å². The molecule has 1 amide bonds. The smallest absolute Gasteiger partial charge is 0.283 e. The fraction of sp³-hybridized carbons (Fsp3) is 0.120. The molecule has 0 saturated carbocycles. The fourth-order valence-electron chi connectivity index (χ4n) is 4.05. The molecule has 154 valence electrons. The van der Waals surface area contributed by atoms with Crippen LogP contribution in [0.4, 0.5) is 22.9 Å². The maximum atomic E-state index is 14.0. The van der Waals surface area contributed by atoms with Crippen molar-refractivity contribution in [1.29, 1.82) is 0 Å². The predicted molar refractivity (Wildman–Crippen MR) is 125 cm³/mol. The number of hydrogen-bond donors (Lipinski definition) is 0. The van der Waals surface area contributed by atoms with Crippen LogP contribution in [0.1, 0.15) is 21.6 Å². The molecule has 0 aliphatic carbocycles. The minimum atomic E-state index is -0.139. The van der Waals surface area contributed by atoms with E-state index in [0.29, 0.717) is 23.1 Å². The van der Waals surface area contributed by atoms with Crippen LogP contribution in [0.3, 0.4) is 0 Å². The van der Waals surface area contributed by atoms with Crippen LogP contribution in [-0.2, 0) is 6.54 Å². The number of hydrogen-bond acceptors (Lipinski definition) is 3. The van der Waals surface area contributed by atoms with Gasteiger partial charge in [0.1, 0.15) is 0 Å². The fourth-order valence-corrected chi connectivity index (χ4v) is 4.22. The van der Waals surface area contributed by atoms with E-state index in [1.54, 1.807) is 11.2 Å². The van der Waals surface area contributed by atoms with Crippen molar-refractivity contribution < 1.29 is 4.79 Å². The number of carbonyl (C=O) groups excluding carboxylic acids is 1. The Hall–Kier alpha value is -3.57. The van der Waals surface area contributed by atoms with E-state index >= 15 is 0 Å². The van der Waals surface area contributed by atoms with Crippen LogP contribution in [0, 0.1) is 6.92 Å². The zero-order valence-electron chi connectivity index (χ0n) is 17.3. The molecule has 1 aromatic heterocycles. The highest BCUT2D eigenvalue weighted by Crippen LogP contribution is 2.43. The molecule has 2 heterocycles. The van der Waals surface area contributed by atoms with Gasteiger partial charge in [0.15, 0.2) is 11.5 Å². The number of rotatable bonds is 3. The molecule has 5 rings (SSSR count). The van der Waals surface area contributed by atoms with Crippen LogP contribution < -0.4 is 9.80 Å². The van der Waals surface area contributed by atoms with Crippen molar-refractivity contribution in [3.05, 3.63) is 101 Å². The number of halogens is 1. The van der Waals surface area contributed by atoms with E-state index in [4.69, 9.17) is 11.6 Å². The first kappa shape index (κ1) is 19.4. The summed E-state index contributed by atoms with van der Waals surface area (Å²) in [6.45, 7) is 2.64. The van der Waals surface area contributed by atoms with E-state index in [-0.39, 0.29) is 5.91 Å². The van der Waals surface area contributed by atoms with Gasteiger partial charge in [-0.3, -0.25) is 9.69 Å². The van der Waals surface area contributed by atoms with Gasteiger partial charge in [-0.2, -0.15) is 0 Å². The normalized spacial score (nSPS) is 13.1. The highest BCUT2D eigenvalue weighted by atomic mass is 35.5. The third kappa shape index (κ3) is 3.27. The van der Waals surface area contributed by atoms with Crippen LogP contribution in [0.25, 0.3) is 0 Å². The van der Waals surface area contributed by atoms with E-state index in [2.05, 4.69) is 24.0 Å². The lowest BCUT2D eigenvalue weighted by molar-refractivity contribution is 0.0992. The predicted octanol–water partition coefficient (Wildman–Crippen LogP) is 5.95. The molecule has 1 aliphatic heterocycles. The molecule has 1 aliphatic rings. The summed E-state index contributed by atoms with van der Waals surface area (Å²) in [5.41, 5.74) is 5.24. The van der Waals surface area contributed by atoms with Crippen LogP contribution in [0.5, 0.6) is 0 Å². The molecule has 6 heteroatoms. The second-order valence-electron chi connectivity index (χ2n) is 7.64. The number of aryl methyl sites for hydroxylation is 1. The third-order valence-corrected chi connectivity index (χ3v) is 5.93. The van der Waals surface area contributed by atoms with Gasteiger partial charge < -0.3 is 9.47 Å². The Kier molecular flexibility index (Phi) is 4.75. The Labute approximate surface area is 186 Å². The molecule has 0 unspecified atom stereocenters. The highest BCUT2D eigenvalue weighted by Gasteiger charge is 2.34. The van der Waals surface area contributed by atoms with Gasteiger partial charge in [0.25, 0.3) is 5.91 Å². The zero-order chi connectivity index (χ0) is 21.5. The zero-order valence-corrected chi connectivity index (χ0v) is 18.0. The Balaban J connectivity index is 1.71. The van der Waals surface area contributed by atoms with Crippen molar-refractivity contribution in [2.24, 2.45) is 0 Å². The van der Waals surface area contributed by atoms with Crippen molar-refractivity contribution in [3.8, 4) is 0 Å². The molecule has 5 nitrogen and oxygen atoms in total. The monoisotopic (exact) mass is 428 g/mol. The van der Waals surface area contributed by atoms with Gasteiger partial charge in [0.05, 0.1) is 17.7 Å². The number of aromatic nitrogens is 2. The number of fused-ring (bicyclic) bond motifs is 2. The lowest BCUT2D eigenvalue weighted by Gasteiger charge is -2.25. The lowest BCUT2D eigenvalue weighted by Crippen LogP contribution is -2.27. The second kappa shape index (κ2) is 7.60. The minimum Gasteiger partial charge on any atom is -0.326 e. The Bertz CT molecular complexity index is 1280. The third-order valence-electron chi connectivity index (χ3n) is 5.70. The molecule has 0 spiro atoms. The maximum Gasteiger partial charge on any atom is 0.283 e. The molecular weight excluding hydrogens is 408 g/mol. The molecule has 3 aromatic carbocycles. The molecule has 0 bridgehead atoms. The number of amides is 1. The van der Waals surface area contributed by atoms with Gasteiger partial charge in [0.2, 0.25) is 0 Å². The van der Waals surface area contributed by atoms with E-state index in [9.17, 15) is 4.79 Å². The molecule has 0 radical (unpaired) electrons. The van der Waals surface area contributed by atoms with Crippen molar-refractivity contribution in [3.63, 3.8) is 0 Å². The Morgan fingerprint density at radius 3 is 2.45 bits per heavy atom. The quantitative estimate of drug-likeness (QED) is 0.404. The van der Waals surface area contributed by atoms with Gasteiger partial charge in [-0.1, -0.05) is 54.1 Å². The van der Waals surface area contributed by atoms with Gasteiger partial charge in [-0.05, 0) is 48.4 Å². The second-order valence-corrected chi connectivity index (χ2v) is 8.08. The standard InChI is InChI=1S/C25H21ClN4O/c1-17-8-6-7-9-18(17)15-29-16-27-24-23(29)25(31)30(20-10-4-3-5-11-20)22-14-19(26)12-13-21(22)28(24)2/h3-14,16H,15H2,1-2H3. The average molecular weight is 429 g/mol. The lowest BCUT2D eigenvalue weighted by atomic mass is 10.1. The topological polar surface area (TPSA) is 41.4 Å². The Morgan fingerprint density at radius 2 is 1.68 bits per heavy atom. The van der Waals surface area contributed by atoms with Gasteiger partial charge in [-0.15, -0.1) is 0 Å². The summed E-state index contributed by atoms with van der Waals surface area (Å²) < 4.78 is 1.93. The van der Waals surface area contributed by atoms with Crippen molar-refractivity contribution in [1.82, 2.24) is 9.55 Å². The molecule has 0 fully saturated rings. The van der Waals surface area contributed by atoms with Gasteiger partial charge in [-0.25, -0.2) is 4.98 Å². The van der Waals surface area contributed by atoms with Crippen molar-refractivity contribution in [2.75, 3.05) is 16.8 Å². The molecule has 4 aromatic rings. The molecule has 31 heavy (non-hydrogen) atoms. The van der Waals surface area contributed by atoms with Gasteiger partial charge in [0, 0.05) is 24.3 Å². The van der Waals surface area contributed by atoms with E-state index in [1.165, 1.54) is 5.56 Å². The van der Waals surface area contributed by atoms with Gasteiger partial charge >= 0.3 is 0 Å². The summed E-state index contributed by atoms with van der Waals surface area (Å²) in [5.74, 6) is 0.487. The Morgan fingerprint density at radius 1 is 0.935 bits per heavy atom. The molecule has 0 N–H and O–H groups in total. The van der Waals surface area contributed by atoms with Crippen LogP contribution >= 0.6 is 11.6 Å². The van der Waals surface area contributed by atoms with E-state index < -0.39 is 0 Å². The summed E-state index contributed by atoms with van der Waals surface area (Å²) in [6, 6.07) is 23.4. The number of carbonyl (C=O) groups is 1. The summed E-state index contributed by atoms with van der Waals surface area (Å²) in [6.07, 6.45) is 1.75. The summed E-state index contributed by atoms with van der Waals surface area (Å²) >= 11 is 6.34. The van der Waals surface area contributed by atoms with Crippen LogP contribution in [-0.4, -0.2) is 22.5 Å². The van der Waals surface area contributed by atoms with E-state index in [0.717, 1.165) is 22.6 Å². The summed E-state index contributed by atoms with van der Waals surface area (Å²) in [7, 11) is 1.93. The number of benzene rings is 3. The largest absolute Gasteiger partial charge is 0.326 e. The maximum absolute atomic E-state index is 14.0. The number of anilines is 4. The first-order valence-corrected chi connectivity index (χ1v) is 10.4. The average Bonchev–Trinajstić information content (AvgIpc) is 3.16. The van der Waals surface area contributed by atoms with Crippen molar-refractivity contribution in [2.45, 2.75) is 13.5 Å². The first-order chi connectivity index (χ1) is 15.0. The van der Waals surface area contributed by atoms with Crippen LogP contribution in [0.2, 0.25) is 5.02 Å². The summed E-state index contributed by atoms with van der Waals surface area (Å²) in [4.78, 5) is 22.3. The SMILES string of the molecule is Cc1ccccc1Cn1cnc2c1C(=O)N(c1ccccc1)c1cc(Cl)ccc1N2C. The van der Waals surface area contributed by atoms with Crippen molar-refractivity contribution >= 4 is 40.4 Å². The number of para-hydroxylation sites is 1. The minimum absolute atomic E-state index is 0.139. The molecule has 0 saturated heterocycles. The highest BCUT2D eigenvalue weighted by molar-refractivity contribution is 6.31. The first-order valence-electron chi connectivity index (χ1n) is 10.1. The van der Waals surface area contributed by atoms with Crippen LogP contribution in [0.15, 0.2) is 79.1 Å². The molecule has 0 atom stereocenters.